The minimum atomic E-state index is 0.770. The van der Waals surface area contributed by atoms with Crippen LogP contribution in [0.1, 0.15) is 39.0 Å². The summed E-state index contributed by atoms with van der Waals surface area (Å²) in [4.78, 5) is 2.88. The standard InChI is InChI=1S/C15H26N2/c1-10-9-16-2-3-17(10)15-13-5-11-4-12(7-13)8-14(15)6-11/h10-16H,2-9H2,1H3. The highest BCUT2D eigenvalue weighted by Gasteiger charge is 2.50. The highest BCUT2D eigenvalue weighted by molar-refractivity contribution is 5.03. The van der Waals surface area contributed by atoms with Crippen molar-refractivity contribution in [2.45, 2.75) is 51.1 Å². The van der Waals surface area contributed by atoms with Crippen LogP contribution in [-0.2, 0) is 0 Å². The number of hydrogen-bond acceptors (Lipinski definition) is 2. The van der Waals surface area contributed by atoms with Gasteiger partial charge in [-0.15, -0.1) is 0 Å². The molecule has 5 rings (SSSR count). The van der Waals surface area contributed by atoms with E-state index in [0.29, 0.717) is 0 Å². The predicted octanol–water partition coefficient (Wildman–Crippen LogP) is 2.10. The van der Waals surface area contributed by atoms with Gasteiger partial charge >= 0.3 is 0 Å². The fourth-order valence-corrected chi connectivity index (χ4v) is 5.74. The minimum Gasteiger partial charge on any atom is -0.314 e. The number of hydrogen-bond donors (Lipinski definition) is 1. The summed E-state index contributed by atoms with van der Waals surface area (Å²) in [6, 6.07) is 1.73. The molecule has 0 radical (unpaired) electrons. The van der Waals surface area contributed by atoms with E-state index < -0.39 is 0 Å². The average Bonchev–Trinajstić information content (AvgIpc) is 2.30. The van der Waals surface area contributed by atoms with Gasteiger partial charge in [-0.25, -0.2) is 0 Å². The first kappa shape index (κ1) is 10.8. The topological polar surface area (TPSA) is 15.3 Å². The van der Waals surface area contributed by atoms with Gasteiger partial charge in [0.05, 0.1) is 0 Å². The van der Waals surface area contributed by atoms with E-state index in [2.05, 4.69) is 17.1 Å². The summed E-state index contributed by atoms with van der Waals surface area (Å²) in [5.74, 6) is 4.36. The molecule has 0 aromatic heterocycles. The molecule has 17 heavy (non-hydrogen) atoms. The Bertz CT molecular complexity index is 273. The zero-order valence-electron chi connectivity index (χ0n) is 11.1. The fraction of sp³-hybridized carbons (Fsp3) is 1.00. The van der Waals surface area contributed by atoms with Crippen LogP contribution in [0, 0.1) is 23.7 Å². The molecular weight excluding hydrogens is 208 g/mol. The highest BCUT2D eigenvalue weighted by atomic mass is 15.2. The molecule has 5 aliphatic rings. The van der Waals surface area contributed by atoms with E-state index in [4.69, 9.17) is 0 Å². The molecule has 1 heterocycles. The molecule has 4 saturated carbocycles. The van der Waals surface area contributed by atoms with Crippen molar-refractivity contribution in [3.05, 3.63) is 0 Å². The molecule has 0 spiro atoms. The number of piperazine rings is 1. The van der Waals surface area contributed by atoms with Crippen LogP contribution in [0.5, 0.6) is 0 Å². The minimum absolute atomic E-state index is 0.770. The molecule has 4 bridgehead atoms. The van der Waals surface area contributed by atoms with Gasteiger partial charge in [-0.2, -0.15) is 0 Å². The van der Waals surface area contributed by atoms with Gasteiger partial charge in [0.2, 0.25) is 0 Å². The van der Waals surface area contributed by atoms with Gasteiger partial charge in [-0.05, 0) is 62.7 Å². The molecule has 2 heteroatoms. The maximum Gasteiger partial charge on any atom is 0.0196 e. The summed E-state index contributed by atoms with van der Waals surface area (Å²) in [6.07, 6.45) is 7.84. The second-order valence-electron chi connectivity index (χ2n) is 7.21. The Morgan fingerprint density at radius 1 is 0.941 bits per heavy atom. The molecule has 1 saturated heterocycles. The van der Waals surface area contributed by atoms with Gasteiger partial charge in [0.1, 0.15) is 0 Å². The summed E-state index contributed by atoms with van der Waals surface area (Å²) in [6.45, 7) is 6.15. The Morgan fingerprint density at radius 2 is 1.59 bits per heavy atom. The molecule has 1 N–H and O–H groups in total. The van der Waals surface area contributed by atoms with Gasteiger partial charge in [-0.3, -0.25) is 4.90 Å². The monoisotopic (exact) mass is 234 g/mol. The lowest BCUT2D eigenvalue weighted by atomic mass is 9.53. The van der Waals surface area contributed by atoms with Crippen LogP contribution in [-0.4, -0.2) is 36.6 Å². The van der Waals surface area contributed by atoms with Crippen molar-refractivity contribution in [1.82, 2.24) is 10.2 Å². The molecule has 0 aromatic carbocycles. The average molecular weight is 234 g/mol. The van der Waals surface area contributed by atoms with Crippen molar-refractivity contribution in [3.8, 4) is 0 Å². The Hall–Kier alpha value is -0.0800. The Kier molecular flexibility index (Phi) is 2.52. The Morgan fingerprint density at radius 3 is 2.18 bits per heavy atom. The molecule has 1 aliphatic heterocycles. The van der Waals surface area contributed by atoms with Crippen molar-refractivity contribution in [2.24, 2.45) is 23.7 Å². The molecule has 1 atom stereocenters. The summed E-state index contributed by atoms with van der Waals surface area (Å²) in [5.41, 5.74) is 0. The van der Waals surface area contributed by atoms with Crippen molar-refractivity contribution in [1.29, 1.82) is 0 Å². The lowest BCUT2D eigenvalue weighted by molar-refractivity contribution is -0.0807. The van der Waals surface area contributed by atoms with Crippen LogP contribution in [0.15, 0.2) is 0 Å². The third-order valence-corrected chi connectivity index (χ3v) is 6.11. The third-order valence-electron chi connectivity index (χ3n) is 6.11. The first-order chi connectivity index (χ1) is 8.31. The lowest BCUT2D eigenvalue weighted by Gasteiger charge is -2.59. The normalized spacial score (nSPS) is 54.2. The molecule has 4 aliphatic carbocycles. The van der Waals surface area contributed by atoms with Gasteiger partial charge < -0.3 is 5.32 Å². The highest BCUT2D eigenvalue weighted by Crippen LogP contribution is 2.55. The van der Waals surface area contributed by atoms with Crippen LogP contribution < -0.4 is 5.32 Å². The van der Waals surface area contributed by atoms with E-state index in [1.807, 2.05) is 0 Å². The predicted molar refractivity (Wildman–Crippen MR) is 69.9 cm³/mol. The van der Waals surface area contributed by atoms with Gasteiger partial charge in [0, 0.05) is 31.7 Å². The number of nitrogens with zero attached hydrogens (tertiary/aromatic N) is 1. The Labute approximate surface area is 105 Å². The number of rotatable bonds is 1. The summed E-state index contributed by atoms with van der Waals surface area (Å²) in [7, 11) is 0. The van der Waals surface area contributed by atoms with E-state index >= 15 is 0 Å². The zero-order valence-corrected chi connectivity index (χ0v) is 11.1. The molecule has 2 nitrogen and oxygen atoms in total. The maximum atomic E-state index is 3.55. The molecular formula is C15H26N2. The molecule has 5 fully saturated rings. The van der Waals surface area contributed by atoms with Crippen molar-refractivity contribution in [2.75, 3.05) is 19.6 Å². The van der Waals surface area contributed by atoms with Gasteiger partial charge in [0.25, 0.3) is 0 Å². The second kappa shape index (κ2) is 3.96. The van der Waals surface area contributed by atoms with Crippen LogP contribution in [0.3, 0.4) is 0 Å². The van der Waals surface area contributed by atoms with Crippen molar-refractivity contribution >= 4 is 0 Å². The van der Waals surface area contributed by atoms with E-state index in [9.17, 15) is 0 Å². The van der Waals surface area contributed by atoms with E-state index in [1.54, 1.807) is 32.1 Å². The van der Waals surface area contributed by atoms with Crippen LogP contribution in [0.25, 0.3) is 0 Å². The smallest absolute Gasteiger partial charge is 0.0196 e. The van der Waals surface area contributed by atoms with E-state index in [1.165, 1.54) is 19.6 Å². The van der Waals surface area contributed by atoms with Gasteiger partial charge in [-0.1, -0.05) is 0 Å². The van der Waals surface area contributed by atoms with Gasteiger partial charge in [0.15, 0.2) is 0 Å². The first-order valence-corrected chi connectivity index (χ1v) is 7.77. The van der Waals surface area contributed by atoms with Crippen LogP contribution >= 0.6 is 0 Å². The first-order valence-electron chi connectivity index (χ1n) is 7.77. The largest absolute Gasteiger partial charge is 0.314 e. The van der Waals surface area contributed by atoms with E-state index in [-0.39, 0.29) is 0 Å². The van der Waals surface area contributed by atoms with Crippen LogP contribution in [0.2, 0.25) is 0 Å². The molecule has 96 valence electrons. The maximum absolute atomic E-state index is 3.55. The molecule has 0 amide bonds. The zero-order chi connectivity index (χ0) is 11.4. The SMILES string of the molecule is CC1CNCCN1C1C2CC3CC(C2)CC1C3. The fourth-order valence-electron chi connectivity index (χ4n) is 5.74. The van der Waals surface area contributed by atoms with Crippen molar-refractivity contribution < 1.29 is 0 Å². The lowest BCUT2D eigenvalue weighted by Crippen LogP contribution is -2.62. The summed E-state index contributed by atoms with van der Waals surface area (Å²) in [5, 5.41) is 3.55. The second-order valence-corrected chi connectivity index (χ2v) is 7.21. The summed E-state index contributed by atoms with van der Waals surface area (Å²) >= 11 is 0. The van der Waals surface area contributed by atoms with E-state index in [0.717, 1.165) is 35.8 Å². The number of nitrogens with one attached hydrogen (secondary N) is 1. The van der Waals surface area contributed by atoms with Crippen molar-refractivity contribution in [3.63, 3.8) is 0 Å². The summed E-state index contributed by atoms with van der Waals surface area (Å²) < 4.78 is 0. The quantitative estimate of drug-likeness (QED) is 0.747. The third kappa shape index (κ3) is 1.67. The van der Waals surface area contributed by atoms with Crippen LogP contribution in [0.4, 0.5) is 0 Å². The molecule has 1 unspecified atom stereocenters. The Balaban J connectivity index is 1.57. The molecule has 0 aromatic rings.